The van der Waals surface area contributed by atoms with Crippen LogP contribution >= 0.6 is 0 Å². The van der Waals surface area contributed by atoms with E-state index in [1.807, 2.05) is 72.8 Å². The summed E-state index contributed by atoms with van der Waals surface area (Å²) in [5, 5.41) is 29.4. The van der Waals surface area contributed by atoms with E-state index in [1.54, 1.807) is 60.7 Å². The average Bonchev–Trinajstić information content (AvgIpc) is 3.40. The van der Waals surface area contributed by atoms with E-state index in [2.05, 4.69) is 0 Å². The van der Waals surface area contributed by atoms with Crippen LogP contribution in [0.15, 0.2) is 145 Å². The van der Waals surface area contributed by atoms with Crippen molar-refractivity contribution in [3.8, 4) is 0 Å². The fraction of sp³-hybridized carbons (Fsp3) is 0.0526. The number of carbonyl (C=O) groups is 2. The molecule has 2 N–H and O–H groups in total. The molecule has 0 radical (unpaired) electrons. The number of benzene rings is 6. The maximum absolute atomic E-state index is 14.5. The molecular weight excluding hydrogens is 520 g/mol. The van der Waals surface area contributed by atoms with E-state index in [1.165, 1.54) is 0 Å². The number of ketones is 2. The van der Waals surface area contributed by atoms with Gasteiger partial charge in [-0.3, -0.25) is 9.59 Å². The van der Waals surface area contributed by atoms with Crippen molar-refractivity contribution < 1.29 is 19.8 Å². The lowest BCUT2D eigenvalue weighted by Crippen LogP contribution is -2.36. The molecule has 0 saturated heterocycles. The Morgan fingerprint density at radius 1 is 0.381 bits per heavy atom. The van der Waals surface area contributed by atoms with Gasteiger partial charge in [0, 0.05) is 33.4 Å². The Hall–Kier alpha value is -5.16. The van der Waals surface area contributed by atoms with Crippen LogP contribution in [0.25, 0.3) is 21.5 Å². The van der Waals surface area contributed by atoms with Gasteiger partial charge in [-0.25, -0.2) is 0 Å². The van der Waals surface area contributed by atoms with E-state index < -0.39 is 22.8 Å². The van der Waals surface area contributed by atoms with Gasteiger partial charge in [-0.05, 0) is 21.5 Å². The van der Waals surface area contributed by atoms with Gasteiger partial charge in [0.05, 0.1) is 11.1 Å². The molecule has 0 aromatic heterocycles. The van der Waals surface area contributed by atoms with E-state index in [4.69, 9.17) is 0 Å². The second kappa shape index (κ2) is 8.67. The number of aliphatic hydroxyl groups is 2. The number of Topliss-reactive ketones (excluding diaryl/α,β-unsaturated/α-hetero) is 2. The first-order valence-corrected chi connectivity index (χ1v) is 13.9. The number of carbonyl (C=O) groups excluding carboxylic acids is 2. The Labute approximate surface area is 241 Å². The smallest absolute Gasteiger partial charge is 0.193 e. The lowest BCUT2D eigenvalue weighted by Gasteiger charge is -2.33. The first-order valence-electron chi connectivity index (χ1n) is 13.9. The molecule has 42 heavy (non-hydrogen) atoms. The highest BCUT2D eigenvalue weighted by molar-refractivity contribution is 6.26. The van der Waals surface area contributed by atoms with Gasteiger partial charge in [-0.2, -0.15) is 0 Å². The number of hydrogen-bond donors (Lipinski definition) is 2. The molecule has 4 heteroatoms. The summed E-state index contributed by atoms with van der Waals surface area (Å²) in [5.41, 5.74) is -1.89. The second-order valence-electron chi connectivity index (χ2n) is 11.0. The minimum Gasteiger partial charge on any atom is -0.376 e. The molecule has 0 amide bonds. The van der Waals surface area contributed by atoms with Gasteiger partial charge in [0.1, 0.15) is 11.2 Å². The van der Waals surface area contributed by atoms with Crippen LogP contribution in [0.4, 0.5) is 0 Å². The number of hydrogen-bond acceptors (Lipinski definition) is 4. The van der Waals surface area contributed by atoms with Crippen LogP contribution in [0.2, 0.25) is 0 Å². The zero-order chi connectivity index (χ0) is 28.6. The zero-order valence-electron chi connectivity index (χ0n) is 22.4. The summed E-state index contributed by atoms with van der Waals surface area (Å²) in [6.45, 7) is 0. The zero-order valence-corrected chi connectivity index (χ0v) is 22.4. The highest BCUT2D eigenvalue weighted by atomic mass is 16.3. The van der Waals surface area contributed by atoms with Gasteiger partial charge in [0.15, 0.2) is 11.6 Å². The lowest BCUT2D eigenvalue weighted by atomic mass is 9.74. The molecule has 0 spiro atoms. The minimum atomic E-state index is -2.00. The van der Waals surface area contributed by atoms with E-state index in [-0.39, 0.29) is 11.1 Å². The van der Waals surface area contributed by atoms with Gasteiger partial charge in [0.25, 0.3) is 0 Å². The van der Waals surface area contributed by atoms with Crippen LogP contribution < -0.4 is 0 Å². The van der Waals surface area contributed by atoms with Crippen LogP contribution in [0.1, 0.15) is 43.0 Å². The normalized spacial score (nSPS) is 23.0. The molecule has 6 aromatic rings. The number of rotatable bonds is 2. The van der Waals surface area contributed by atoms with Crippen molar-refractivity contribution in [3.63, 3.8) is 0 Å². The van der Waals surface area contributed by atoms with Crippen LogP contribution in [0.3, 0.4) is 0 Å². The lowest BCUT2D eigenvalue weighted by molar-refractivity contribution is 0.0809. The molecule has 0 aliphatic heterocycles. The van der Waals surface area contributed by atoms with Crippen LogP contribution in [-0.2, 0) is 11.2 Å². The molecule has 2 unspecified atom stereocenters. The summed E-state index contributed by atoms with van der Waals surface area (Å²) in [4.78, 5) is 29.0. The SMILES string of the molecule is O=C1/C(=C2\C(=O)c3ccccc3C2(O)c2cccc3ccccc23)C(O)(c2cccc3ccccc23)c2ccccc21. The molecule has 2 aliphatic rings. The van der Waals surface area contributed by atoms with Crippen molar-refractivity contribution in [1.29, 1.82) is 0 Å². The van der Waals surface area contributed by atoms with E-state index >= 15 is 0 Å². The first kappa shape index (κ1) is 24.6. The fourth-order valence-electron chi connectivity index (χ4n) is 7.09. The third-order valence-electron chi connectivity index (χ3n) is 8.91. The van der Waals surface area contributed by atoms with Crippen molar-refractivity contribution in [3.05, 3.63) is 178 Å². The maximum atomic E-state index is 14.5. The highest BCUT2D eigenvalue weighted by Gasteiger charge is 2.58. The Morgan fingerprint density at radius 2 is 0.714 bits per heavy atom. The third-order valence-corrected chi connectivity index (χ3v) is 8.91. The molecule has 0 heterocycles. The Balaban J connectivity index is 1.56. The monoisotopic (exact) mass is 544 g/mol. The molecule has 0 fully saturated rings. The molecule has 0 saturated carbocycles. The maximum Gasteiger partial charge on any atom is 0.193 e. The van der Waals surface area contributed by atoms with Gasteiger partial charge < -0.3 is 10.2 Å². The Morgan fingerprint density at radius 3 is 1.17 bits per heavy atom. The summed E-state index contributed by atoms with van der Waals surface area (Å²) < 4.78 is 0. The molecule has 6 aromatic carbocycles. The van der Waals surface area contributed by atoms with Crippen molar-refractivity contribution in [2.45, 2.75) is 11.2 Å². The first-order chi connectivity index (χ1) is 20.5. The summed E-state index contributed by atoms with van der Waals surface area (Å²) in [6, 6.07) is 40.3. The average molecular weight is 545 g/mol. The summed E-state index contributed by atoms with van der Waals surface area (Å²) >= 11 is 0. The van der Waals surface area contributed by atoms with E-state index in [0.29, 0.717) is 33.4 Å². The largest absolute Gasteiger partial charge is 0.376 e. The highest BCUT2D eigenvalue weighted by Crippen LogP contribution is 2.56. The number of fused-ring (bicyclic) bond motifs is 4. The predicted octanol–water partition coefficient (Wildman–Crippen LogP) is 6.85. The summed E-state index contributed by atoms with van der Waals surface area (Å²) in [5.74, 6) is -0.952. The third kappa shape index (κ3) is 3.03. The minimum absolute atomic E-state index is 0.114. The fourth-order valence-corrected chi connectivity index (χ4v) is 7.09. The molecule has 2 aliphatic carbocycles. The van der Waals surface area contributed by atoms with E-state index in [0.717, 1.165) is 21.5 Å². The molecule has 2 atom stereocenters. The van der Waals surface area contributed by atoms with Crippen molar-refractivity contribution in [2.24, 2.45) is 0 Å². The Bertz CT molecular complexity index is 2010. The van der Waals surface area contributed by atoms with Crippen molar-refractivity contribution >= 4 is 33.1 Å². The second-order valence-corrected chi connectivity index (χ2v) is 11.0. The van der Waals surface area contributed by atoms with Crippen molar-refractivity contribution in [1.82, 2.24) is 0 Å². The topological polar surface area (TPSA) is 74.6 Å². The summed E-state index contributed by atoms with van der Waals surface area (Å²) in [6.07, 6.45) is 0. The molecule has 8 rings (SSSR count). The van der Waals surface area contributed by atoms with E-state index in [9.17, 15) is 19.8 Å². The Kier molecular flexibility index (Phi) is 5.08. The van der Waals surface area contributed by atoms with Gasteiger partial charge in [0.2, 0.25) is 0 Å². The van der Waals surface area contributed by atoms with Gasteiger partial charge in [-0.1, -0.05) is 133 Å². The molecule has 0 bridgehead atoms. The standard InChI is InChI=1S/C38H24O4/c39-35-27-17-5-7-19-31(27)37(41,29-21-9-13-23-11-1-3-15-25(23)29)33(35)34-36(40)28-18-6-8-20-32(28)38(34,42)30-22-10-14-24-12-2-4-16-26(24)30/h1-22,41-42H/b34-33-. The summed E-state index contributed by atoms with van der Waals surface area (Å²) in [7, 11) is 0. The van der Waals surface area contributed by atoms with Crippen molar-refractivity contribution in [2.75, 3.05) is 0 Å². The van der Waals surface area contributed by atoms with Crippen LogP contribution in [0.5, 0.6) is 0 Å². The van der Waals surface area contributed by atoms with Gasteiger partial charge in [-0.15, -0.1) is 0 Å². The van der Waals surface area contributed by atoms with Crippen LogP contribution in [0, 0.1) is 0 Å². The molecule has 4 nitrogen and oxygen atoms in total. The molecule has 200 valence electrons. The predicted molar refractivity (Wildman–Crippen MR) is 162 cm³/mol. The van der Waals surface area contributed by atoms with Crippen LogP contribution in [-0.4, -0.2) is 21.8 Å². The quantitative estimate of drug-likeness (QED) is 0.234. The molecular formula is C38H24O4. The van der Waals surface area contributed by atoms with Gasteiger partial charge >= 0.3 is 0 Å².